The molecule has 2 rings (SSSR count). The summed E-state index contributed by atoms with van der Waals surface area (Å²) in [4.78, 5) is 7.14. The topological polar surface area (TPSA) is 48.9 Å². The molecule has 0 aliphatic rings. The first kappa shape index (κ1) is 8.97. The molecule has 1 unspecified atom stereocenters. The molecule has 0 fully saturated rings. The van der Waals surface area contributed by atoms with E-state index in [4.69, 9.17) is 0 Å². The van der Waals surface area contributed by atoms with Crippen LogP contribution in [0.1, 0.15) is 23.1 Å². The zero-order valence-electron chi connectivity index (χ0n) is 7.94. The molecule has 0 spiro atoms. The number of hydrogen-bond acceptors (Lipinski definition) is 2. The van der Waals surface area contributed by atoms with Crippen molar-refractivity contribution in [2.45, 2.75) is 13.0 Å². The summed E-state index contributed by atoms with van der Waals surface area (Å²) in [5.41, 5.74) is 2.47. The Hall–Kier alpha value is -1.61. The molecule has 2 aromatic heterocycles. The fourth-order valence-electron chi connectivity index (χ4n) is 1.45. The summed E-state index contributed by atoms with van der Waals surface area (Å²) in [6.07, 6.45) is 2.82. The summed E-state index contributed by atoms with van der Waals surface area (Å²) in [6.45, 7) is 1.94. The fraction of sp³-hybridized carbons (Fsp3) is 0.182. The Balaban J connectivity index is 2.37. The highest BCUT2D eigenvalue weighted by molar-refractivity contribution is 5.26. The van der Waals surface area contributed by atoms with Crippen molar-refractivity contribution in [2.24, 2.45) is 0 Å². The molecule has 14 heavy (non-hydrogen) atoms. The molecular formula is C11H12N2O. The van der Waals surface area contributed by atoms with E-state index in [0.717, 1.165) is 11.3 Å². The molecule has 2 aromatic rings. The van der Waals surface area contributed by atoms with Gasteiger partial charge < -0.3 is 10.1 Å². The molecule has 0 aliphatic heterocycles. The second-order valence-electron chi connectivity index (χ2n) is 3.23. The van der Waals surface area contributed by atoms with Crippen molar-refractivity contribution >= 4 is 0 Å². The van der Waals surface area contributed by atoms with E-state index in [-0.39, 0.29) is 0 Å². The smallest absolute Gasteiger partial charge is 0.136 e. The first-order chi connectivity index (χ1) is 6.79. The van der Waals surface area contributed by atoms with Crippen LogP contribution in [-0.2, 0) is 0 Å². The average Bonchev–Trinajstić information content (AvgIpc) is 2.70. The van der Waals surface area contributed by atoms with Crippen molar-refractivity contribution < 1.29 is 5.11 Å². The van der Waals surface area contributed by atoms with E-state index in [9.17, 15) is 5.11 Å². The van der Waals surface area contributed by atoms with Crippen LogP contribution in [0.2, 0.25) is 0 Å². The van der Waals surface area contributed by atoms with Crippen LogP contribution in [0.4, 0.5) is 0 Å². The van der Waals surface area contributed by atoms with Gasteiger partial charge in [-0.25, -0.2) is 0 Å². The number of aryl methyl sites for hydroxylation is 1. The van der Waals surface area contributed by atoms with Gasteiger partial charge in [-0.05, 0) is 30.7 Å². The lowest BCUT2D eigenvalue weighted by molar-refractivity contribution is 0.210. The molecule has 0 amide bonds. The van der Waals surface area contributed by atoms with Crippen molar-refractivity contribution in [3.8, 4) is 0 Å². The van der Waals surface area contributed by atoms with Crippen LogP contribution in [0, 0.1) is 6.92 Å². The van der Waals surface area contributed by atoms with Crippen LogP contribution in [0.5, 0.6) is 0 Å². The highest BCUT2D eigenvalue weighted by Gasteiger charge is 2.13. The quantitative estimate of drug-likeness (QED) is 0.755. The van der Waals surface area contributed by atoms with Gasteiger partial charge in [0.05, 0.1) is 11.4 Å². The minimum atomic E-state index is -0.661. The van der Waals surface area contributed by atoms with Crippen molar-refractivity contribution in [3.05, 3.63) is 53.6 Å². The van der Waals surface area contributed by atoms with Gasteiger partial charge in [0, 0.05) is 12.4 Å². The van der Waals surface area contributed by atoms with Gasteiger partial charge in [-0.3, -0.25) is 4.98 Å². The van der Waals surface area contributed by atoms with Gasteiger partial charge in [-0.15, -0.1) is 0 Å². The van der Waals surface area contributed by atoms with Crippen LogP contribution in [0.25, 0.3) is 0 Å². The summed E-state index contributed by atoms with van der Waals surface area (Å²) in [5.74, 6) is 0. The predicted octanol–water partition coefficient (Wildman–Crippen LogP) is 1.80. The molecule has 0 aliphatic carbocycles. The third kappa shape index (κ3) is 1.54. The number of aromatic nitrogens is 2. The third-order valence-electron chi connectivity index (χ3n) is 2.23. The maximum atomic E-state index is 9.97. The van der Waals surface area contributed by atoms with Crippen LogP contribution in [0.3, 0.4) is 0 Å². The number of nitrogens with zero attached hydrogens (tertiary/aromatic N) is 1. The SMILES string of the molecule is Cc1cccnc1C(O)c1ccc[nH]1. The maximum Gasteiger partial charge on any atom is 0.136 e. The predicted molar refractivity (Wildman–Crippen MR) is 53.8 cm³/mol. The van der Waals surface area contributed by atoms with Crippen LogP contribution in [-0.4, -0.2) is 15.1 Å². The minimum Gasteiger partial charge on any atom is -0.380 e. The first-order valence-corrected chi connectivity index (χ1v) is 4.52. The number of aliphatic hydroxyl groups is 1. The average molecular weight is 188 g/mol. The number of rotatable bonds is 2. The second kappa shape index (κ2) is 3.64. The lowest BCUT2D eigenvalue weighted by atomic mass is 10.1. The monoisotopic (exact) mass is 188 g/mol. The second-order valence-corrected chi connectivity index (χ2v) is 3.23. The van der Waals surface area contributed by atoms with E-state index in [1.54, 1.807) is 12.4 Å². The molecule has 0 bridgehead atoms. The van der Waals surface area contributed by atoms with Gasteiger partial charge in [0.15, 0.2) is 0 Å². The number of aromatic amines is 1. The Labute approximate surface area is 82.4 Å². The zero-order valence-corrected chi connectivity index (χ0v) is 7.94. The third-order valence-corrected chi connectivity index (χ3v) is 2.23. The molecule has 0 saturated carbocycles. The van der Waals surface area contributed by atoms with Gasteiger partial charge in [0.1, 0.15) is 6.10 Å². The Bertz CT molecular complexity index is 409. The number of H-pyrrole nitrogens is 1. The largest absolute Gasteiger partial charge is 0.380 e. The molecule has 2 N–H and O–H groups in total. The number of hydrogen-bond donors (Lipinski definition) is 2. The lowest BCUT2D eigenvalue weighted by Crippen LogP contribution is -2.04. The van der Waals surface area contributed by atoms with Crippen LogP contribution in [0.15, 0.2) is 36.7 Å². The molecule has 0 radical (unpaired) electrons. The zero-order chi connectivity index (χ0) is 9.97. The first-order valence-electron chi connectivity index (χ1n) is 4.52. The number of aliphatic hydroxyl groups excluding tert-OH is 1. The van der Waals surface area contributed by atoms with Crippen molar-refractivity contribution in [1.82, 2.24) is 9.97 Å². The van der Waals surface area contributed by atoms with Crippen molar-refractivity contribution in [2.75, 3.05) is 0 Å². The summed E-state index contributed by atoms with van der Waals surface area (Å²) in [7, 11) is 0. The molecule has 2 heterocycles. The van der Waals surface area contributed by atoms with Crippen LogP contribution >= 0.6 is 0 Å². The van der Waals surface area contributed by atoms with Gasteiger partial charge in [-0.2, -0.15) is 0 Å². The van der Waals surface area contributed by atoms with E-state index >= 15 is 0 Å². The van der Waals surface area contributed by atoms with E-state index in [1.807, 2.05) is 31.2 Å². The van der Waals surface area contributed by atoms with E-state index < -0.39 is 6.10 Å². The number of pyridine rings is 1. The van der Waals surface area contributed by atoms with Gasteiger partial charge >= 0.3 is 0 Å². The standard InChI is InChI=1S/C11H12N2O/c1-8-4-2-7-13-10(8)11(14)9-5-3-6-12-9/h2-7,11-12,14H,1H3. The molecule has 72 valence electrons. The summed E-state index contributed by atoms with van der Waals surface area (Å²) in [5, 5.41) is 9.97. The van der Waals surface area contributed by atoms with Crippen molar-refractivity contribution in [3.63, 3.8) is 0 Å². The summed E-state index contributed by atoms with van der Waals surface area (Å²) >= 11 is 0. The van der Waals surface area contributed by atoms with Crippen molar-refractivity contribution in [1.29, 1.82) is 0 Å². The highest BCUT2D eigenvalue weighted by Crippen LogP contribution is 2.20. The lowest BCUT2D eigenvalue weighted by Gasteiger charge is -2.10. The summed E-state index contributed by atoms with van der Waals surface area (Å²) in [6, 6.07) is 7.50. The normalized spacial score (nSPS) is 12.7. The van der Waals surface area contributed by atoms with E-state index in [0.29, 0.717) is 5.69 Å². The number of nitrogens with one attached hydrogen (secondary N) is 1. The Morgan fingerprint density at radius 3 is 2.86 bits per heavy atom. The molecular weight excluding hydrogens is 176 g/mol. The Morgan fingerprint density at radius 2 is 2.21 bits per heavy atom. The van der Waals surface area contributed by atoms with Crippen LogP contribution < -0.4 is 0 Å². The highest BCUT2D eigenvalue weighted by atomic mass is 16.3. The van der Waals surface area contributed by atoms with Gasteiger partial charge in [0.2, 0.25) is 0 Å². The molecule has 1 atom stereocenters. The fourth-order valence-corrected chi connectivity index (χ4v) is 1.45. The van der Waals surface area contributed by atoms with Gasteiger partial charge in [0.25, 0.3) is 0 Å². The molecule has 0 aromatic carbocycles. The molecule has 0 saturated heterocycles. The minimum absolute atomic E-state index is 0.661. The Morgan fingerprint density at radius 1 is 1.36 bits per heavy atom. The molecule has 3 heteroatoms. The van der Waals surface area contributed by atoms with Gasteiger partial charge in [-0.1, -0.05) is 6.07 Å². The van der Waals surface area contributed by atoms with E-state index in [2.05, 4.69) is 9.97 Å². The summed E-state index contributed by atoms with van der Waals surface area (Å²) < 4.78 is 0. The van der Waals surface area contributed by atoms with E-state index in [1.165, 1.54) is 0 Å². The molecule has 3 nitrogen and oxygen atoms in total. The maximum absolute atomic E-state index is 9.97. The Kier molecular flexibility index (Phi) is 2.33.